The Labute approximate surface area is 174 Å². The Morgan fingerprint density at radius 2 is 1.86 bits per heavy atom. The zero-order valence-electron chi connectivity index (χ0n) is 15.3. The number of carbonyl (C=O) groups excluding carboxylic acids is 1. The van der Waals surface area contributed by atoms with Crippen molar-refractivity contribution >= 4 is 38.4 Å². The lowest BCUT2D eigenvalue weighted by Crippen LogP contribution is -2.40. The molecule has 0 aliphatic rings. The van der Waals surface area contributed by atoms with Gasteiger partial charge in [0.1, 0.15) is 5.52 Å². The smallest absolute Gasteiger partial charge is 0.290 e. The Hall–Kier alpha value is -3.39. The van der Waals surface area contributed by atoms with Crippen LogP contribution in [0, 0.1) is 0 Å². The van der Waals surface area contributed by atoms with Gasteiger partial charge in [0, 0.05) is 21.8 Å². The molecule has 29 heavy (non-hydrogen) atoms. The molecule has 1 N–H and O–H groups in total. The van der Waals surface area contributed by atoms with Crippen LogP contribution in [-0.2, 0) is 17.9 Å². The van der Waals surface area contributed by atoms with Crippen molar-refractivity contribution in [2.75, 3.05) is 5.32 Å². The molecule has 0 spiro atoms. The summed E-state index contributed by atoms with van der Waals surface area (Å²) in [5.74, 6) is -0.142. The van der Waals surface area contributed by atoms with Crippen LogP contribution in [0.4, 0.5) is 5.69 Å². The number of fused-ring (bicyclic) bond motifs is 1. The molecule has 0 saturated carbocycles. The molecule has 8 heteroatoms. The Bertz CT molecular complexity index is 1240. The summed E-state index contributed by atoms with van der Waals surface area (Å²) >= 11 is 3.37. The Morgan fingerprint density at radius 1 is 1.07 bits per heavy atom. The maximum absolute atomic E-state index is 12.6. The van der Waals surface area contributed by atoms with E-state index >= 15 is 0 Å². The Balaban J connectivity index is 1.49. The minimum Gasteiger partial charge on any atom is -0.321 e. The highest BCUT2D eigenvalue weighted by Gasteiger charge is 2.12. The van der Waals surface area contributed by atoms with Gasteiger partial charge in [0.25, 0.3) is 11.5 Å². The highest BCUT2D eigenvalue weighted by atomic mass is 79.9. The second-order valence-electron chi connectivity index (χ2n) is 6.51. The molecule has 2 aromatic heterocycles. The van der Waals surface area contributed by atoms with Gasteiger partial charge in [-0.25, -0.2) is 4.68 Å². The van der Waals surface area contributed by atoms with Gasteiger partial charge in [-0.2, -0.15) is 4.57 Å². The second kappa shape index (κ2) is 8.32. The number of carbonyl (C=O) groups is 1. The molecule has 0 bridgehead atoms. The summed E-state index contributed by atoms with van der Waals surface area (Å²) in [5, 5.41) is 11.5. The summed E-state index contributed by atoms with van der Waals surface area (Å²) in [5.41, 5.74) is 1.95. The van der Waals surface area contributed by atoms with Crippen LogP contribution < -0.4 is 15.4 Å². The third-order valence-corrected chi connectivity index (χ3v) is 4.86. The first-order valence-corrected chi connectivity index (χ1v) is 9.74. The molecule has 0 radical (unpaired) electrons. The number of hydrogen-bond donors (Lipinski definition) is 1. The fraction of sp³-hybridized carbons (Fsp3) is 0.0952. The lowest BCUT2D eigenvalue weighted by molar-refractivity contribution is -0.684. The number of amides is 1. The Kier molecular flexibility index (Phi) is 5.44. The summed E-state index contributed by atoms with van der Waals surface area (Å²) in [6, 6.07) is 18.2. The van der Waals surface area contributed by atoms with E-state index in [4.69, 9.17) is 0 Å². The molecule has 0 aliphatic carbocycles. The number of rotatable bonds is 5. The average Bonchev–Trinajstić information content (AvgIpc) is 2.72. The quantitative estimate of drug-likeness (QED) is 0.473. The van der Waals surface area contributed by atoms with Gasteiger partial charge < -0.3 is 5.32 Å². The van der Waals surface area contributed by atoms with E-state index in [2.05, 4.69) is 31.6 Å². The van der Waals surface area contributed by atoms with Crippen molar-refractivity contribution < 1.29 is 9.36 Å². The molecular weight excluding hydrogens is 434 g/mol. The molecule has 0 atom stereocenters. The number of benzene rings is 2. The zero-order valence-corrected chi connectivity index (χ0v) is 16.9. The molecule has 144 valence electrons. The highest BCUT2D eigenvalue weighted by Crippen LogP contribution is 2.13. The van der Waals surface area contributed by atoms with Crippen LogP contribution in [0.25, 0.3) is 10.9 Å². The van der Waals surface area contributed by atoms with Crippen molar-refractivity contribution in [1.29, 1.82) is 0 Å². The summed E-state index contributed by atoms with van der Waals surface area (Å²) in [6.45, 7) is 0.425. The molecule has 1 amide bonds. The van der Waals surface area contributed by atoms with Crippen LogP contribution >= 0.6 is 15.9 Å². The van der Waals surface area contributed by atoms with Gasteiger partial charge in [-0.3, -0.25) is 9.59 Å². The third-order valence-electron chi connectivity index (χ3n) is 4.34. The maximum atomic E-state index is 12.6. The fourth-order valence-electron chi connectivity index (χ4n) is 2.97. The molecule has 4 aromatic rings. The number of aromatic nitrogens is 4. The number of hydrogen-bond acceptors (Lipinski definition) is 4. The lowest BCUT2D eigenvalue weighted by Gasteiger charge is -2.05. The molecule has 2 heterocycles. The SMILES string of the molecule is O=C(C[n+]1cccc(Cn2nnc3ccccc3c2=O)c1)Nc1ccc(Br)cc1. The van der Waals surface area contributed by atoms with E-state index in [1.807, 2.05) is 48.7 Å². The van der Waals surface area contributed by atoms with Crippen LogP contribution in [0.1, 0.15) is 5.56 Å². The van der Waals surface area contributed by atoms with Gasteiger partial charge in [-0.15, -0.1) is 5.10 Å². The van der Waals surface area contributed by atoms with Gasteiger partial charge in [0.15, 0.2) is 12.4 Å². The van der Waals surface area contributed by atoms with E-state index in [9.17, 15) is 9.59 Å². The van der Waals surface area contributed by atoms with Crippen molar-refractivity contribution in [1.82, 2.24) is 15.0 Å². The van der Waals surface area contributed by atoms with E-state index in [1.165, 1.54) is 4.68 Å². The normalized spacial score (nSPS) is 10.8. The maximum Gasteiger partial charge on any atom is 0.290 e. The van der Waals surface area contributed by atoms with Crippen LogP contribution in [0.15, 0.2) is 82.3 Å². The van der Waals surface area contributed by atoms with E-state index in [-0.39, 0.29) is 24.6 Å². The van der Waals surface area contributed by atoms with Gasteiger partial charge in [-0.05, 0) is 42.5 Å². The molecule has 4 rings (SSSR count). The molecular formula is C21H17BrN5O2+. The first-order valence-electron chi connectivity index (χ1n) is 8.94. The monoisotopic (exact) mass is 450 g/mol. The number of halogens is 1. The van der Waals surface area contributed by atoms with E-state index < -0.39 is 0 Å². The number of pyridine rings is 1. The molecule has 2 aromatic carbocycles. The van der Waals surface area contributed by atoms with E-state index in [0.29, 0.717) is 10.9 Å². The third kappa shape index (κ3) is 4.55. The van der Waals surface area contributed by atoms with Gasteiger partial charge >= 0.3 is 0 Å². The van der Waals surface area contributed by atoms with Gasteiger partial charge in [0.05, 0.1) is 11.9 Å². The minimum absolute atomic E-state index is 0.142. The highest BCUT2D eigenvalue weighted by molar-refractivity contribution is 9.10. The summed E-state index contributed by atoms with van der Waals surface area (Å²) in [7, 11) is 0. The standard InChI is InChI=1S/C21H16BrN5O2/c22-16-7-9-17(10-8-16)23-20(28)14-26-11-3-4-15(12-26)13-27-21(29)18-5-1-2-6-19(18)24-25-27/h1-12H,13-14H2/p+1. The predicted molar refractivity (Wildman–Crippen MR) is 112 cm³/mol. The van der Waals surface area contributed by atoms with Crippen molar-refractivity contribution in [2.45, 2.75) is 13.1 Å². The largest absolute Gasteiger partial charge is 0.321 e. The van der Waals surface area contributed by atoms with Crippen LogP contribution in [-0.4, -0.2) is 20.9 Å². The van der Waals surface area contributed by atoms with Crippen molar-refractivity contribution in [3.05, 3.63) is 93.4 Å². The predicted octanol–water partition coefficient (Wildman–Crippen LogP) is 2.53. The summed E-state index contributed by atoms with van der Waals surface area (Å²) in [6.07, 6.45) is 3.63. The average molecular weight is 451 g/mol. The van der Waals surface area contributed by atoms with Gasteiger partial charge in [0.2, 0.25) is 6.54 Å². The second-order valence-corrected chi connectivity index (χ2v) is 7.42. The number of nitrogens with zero attached hydrogens (tertiary/aromatic N) is 4. The zero-order chi connectivity index (χ0) is 20.2. The van der Waals surface area contributed by atoms with E-state index in [1.54, 1.807) is 29.0 Å². The fourth-order valence-corrected chi connectivity index (χ4v) is 3.23. The molecule has 0 fully saturated rings. The topological polar surface area (TPSA) is 80.8 Å². The lowest BCUT2D eigenvalue weighted by atomic mass is 10.2. The molecule has 0 unspecified atom stereocenters. The molecule has 0 saturated heterocycles. The Morgan fingerprint density at radius 3 is 2.69 bits per heavy atom. The molecule has 7 nitrogen and oxygen atoms in total. The van der Waals surface area contributed by atoms with Gasteiger partial charge in [-0.1, -0.05) is 33.3 Å². The van der Waals surface area contributed by atoms with Crippen molar-refractivity contribution in [3.63, 3.8) is 0 Å². The first-order chi connectivity index (χ1) is 14.1. The number of anilines is 1. The van der Waals surface area contributed by atoms with Crippen LogP contribution in [0.5, 0.6) is 0 Å². The minimum atomic E-state index is -0.195. The van der Waals surface area contributed by atoms with Crippen LogP contribution in [0.3, 0.4) is 0 Å². The van der Waals surface area contributed by atoms with Crippen molar-refractivity contribution in [3.8, 4) is 0 Å². The molecule has 0 aliphatic heterocycles. The van der Waals surface area contributed by atoms with E-state index in [0.717, 1.165) is 15.7 Å². The van der Waals surface area contributed by atoms with Crippen molar-refractivity contribution in [2.24, 2.45) is 0 Å². The number of nitrogens with one attached hydrogen (secondary N) is 1. The summed E-state index contributed by atoms with van der Waals surface area (Å²) < 4.78 is 4.04. The first kappa shape index (κ1) is 18.9. The van der Waals surface area contributed by atoms with Crippen LogP contribution in [0.2, 0.25) is 0 Å². The summed E-state index contributed by atoms with van der Waals surface area (Å²) in [4.78, 5) is 24.9.